The van der Waals surface area contributed by atoms with Gasteiger partial charge in [0.1, 0.15) is 0 Å². The fourth-order valence-electron chi connectivity index (χ4n) is 2.65. The van der Waals surface area contributed by atoms with E-state index in [0.717, 1.165) is 23.6 Å². The summed E-state index contributed by atoms with van der Waals surface area (Å²) in [6.45, 7) is 5.21. The summed E-state index contributed by atoms with van der Waals surface area (Å²) in [5, 5.41) is 0.849. The van der Waals surface area contributed by atoms with Crippen LogP contribution in [0.2, 0.25) is 5.02 Å². The van der Waals surface area contributed by atoms with Crippen LogP contribution in [0.3, 0.4) is 0 Å². The summed E-state index contributed by atoms with van der Waals surface area (Å²) in [6.07, 6.45) is 3.66. The van der Waals surface area contributed by atoms with Crippen molar-refractivity contribution >= 4 is 11.6 Å². The van der Waals surface area contributed by atoms with Crippen molar-refractivity contribution in [3.8, 4) is 0 Å². The first-order valence-electron chi connectivity index (χ1n) is 6.42. The Morgan fingerprint density at radius 2 is 2.06 bits per heavy atom. The van der Waals surface area contributed by atoms with Gasteiger partial charge >= 0.3 is 0 Å². The summed E-state index contributed by atoms with van der Waals surface area (Å²) in [5.41, 5.74) is 8.27. The number of halogens is 1. The third kappa shape index (κ3) is 3.01. The minimum absolute atomic E-state index is 0.471. The molecule has 1 unspecified atom stereocenters. The molecule has 1 fully saturated rings. The van der Waals surface area contributed by atoms with Crippen molar-refractivity contribution in [2.24, 2.45) is 5.73 Å². The molecule has 1 aliphatic heterocycles. The molecule has 0 bridgehead atoms. The maximum absolute atomic E-state index is 6.08. The van der Waals surface area contributed by atoms with Crippen LogP contribution >= 0.6 is 11.6 Å². The van der Waals surface area contributed by atoms with Crippen LogP contribution in [0.1, 0.15) is 36.4 Å². The number of nitrogens with zero attached hydrogens (tertiary/aromatic N) is 1. The molecule has 1 aliphatic rings. The van der Waals surface area contributed by atoms with Gasteiger partial charge < -0.3 is 5.73 Å². The van der Waals surface area contributed by atoms with Crippen molar-refractivity contribution in [1.29, 1.82) is 0 Å². The molecule has 3 heteroatoms. The SMILES string of the molecule is Cc1cc(C(CCN)N2CCCC2)ccc1Cl. The summed E-state index contributed by atoms with van der Waals surface area (Å²) >= 11 is 6.08. The molecular weight excluding hydrogens is 232 g/mol. The Hall–Kier alpha value is -0.570. The lowest BCUT2D eigenvalue weighted by Gasteiger charge is -2.28. The Morgan fingerprint density at radius 3 is 2.65 bits per heavy atom. The zero-order valence-corrected chi connectivity index (χ0v) is 11.2. The highest BCUT2D eigenvalue weighted by atomic mass is 35.5. The molecule has 2 N–H and O–H groups in total. The molecule has 0 aliphatic carbocycles. The minimum atomic E-state index is 0.471. The largest absolute Gasteiger partial charge is 0.330 e. The van der Waals surface area contributed by atoms with Crippen molar-refractivity contribution in [3.63, 3.8) is 0 Å². The topological polar surface area (TPSA) is 29.3 Å². The Balaban J connectivity index is 2.21. The maximum Gasteiger partial charge on any atom is 0.0435 e. The van der Waals surface area contributed by atoms with E-state index in [1.807, 2.05) is 6.07 Å². The zero-order valence-electron chi connectivity index (χ0n) is 10.5. The molecule has 0 spiro atoms. The summed E-state index contributed by atoms with van der Waals surface area (Å²) in [5.74, 6) is 0. The minimum Gasteiger partial charge on any atom is -0.330 e. The van der Waals surface area contributed by atoms with Gasteiger partial charge in [-0.1, -0.05) is 23.7 Å². The molecule has 1 heterocycles. The number of hydrogen-bond acceptors (Lipinski definition) is 2. The van der Waals surface area contributed by atoms with E-state index in [-0.39, 0.29) is 0 Å². The van der Waals surface area contributed by atoms with Crippen LogP contribution in [0.25, 0.3) is 0 Å². The Bertz CT molecular complexity index is 372. The Morgan fingerprint density at radius 1 is 1.35 bits per heavy atom. The first-order valence-corrected chi connectivity index (χ1v) is 6.80. The van der Waals surface area contributed by atoms with E-state index in [0.29, 0.717) is 6.04 Å². The van der Waals surface area contributed by atoms with Gasteiger partial charge in [0.25, 0.3) is 0 Å². The molecule has 0 radical (unpaired) electrons. The Labute approximate surface area is 109 Å². The molecule has 1 saturated heterocycles. The molecule has 1 aromatic carbocycles. The predicted octanol–water partition coefficient (Wildman–Crippen LogP) is 3.13. The van der Waals surface area contributed by atoms with Crippen LogP contribution in [0, 0.1) is 6.92 Å². The van der Waals surface area contributed by atoms with Crippen molar-refractivity contribution in [2.75, 3.05) is 19.6 Å². The highest BCUT2D eigenvalue weighted by Gasteiger charge is 2.22. The zero-order chi connectivity index (χ0) is 12.3. The molecule has 0 aromatic heterocycles. The maximum atomic E-state index is 6.08. The van der Waals surface area contributed by atoms with Gasteiger partial charge in [-0.25, -0.2) is 0 Å². The van der Waals surface area contributed by atoms with Gasteiger partial charge in [0.15, 0.2) is 0 Å². The van der Waals surface area contributed by atoms with E-state index < -0.39 is 0 Å². The number of likely N-dealkylation sites (tertiary alicyclic amines) is 1. The van der Waals surface area contributed by atoms with Gasteiger partial charge in [0.2, 0.25) is 0 Å². The number of benzene rings is 1. The van der Waals surface area contributed by atoms with Crippen LogP contribution in [0.15, 0.2) is 18.2 Å². The predicted molar refractivity (Wildman–Crippen MR) is 73.4 cm³/mol. The molecular formula is C14H21ClN2. The quantitative estimate of drug-likeness (QED) is 0.892. The van der Waals surface area contributed by atoms with Crippen LogP contribution in [0.4, 0.5) is 0 Å². The molecule has 0 saturated carbocycles. The lowest BCUT2D eigenvalue weighted by Crippen LogP contribution is -2.27. The highest BCUT2D eigenvalue weighted by Crippen LogP contribution is 2.29. The lowest BCUT2D eigenvalue weighted by molar-refractivity contribution is 0.236. The van der Waals surface area contributed by atoms with Crippen molar-refractivity contribution in [2.45, 2.75) is 32.2 Å². The molecule has 0 amide bonds. The monoisotopic (exact) mass is 252 g/mol. The number of aryl methyl sites for hydroxylation is 1. The lowest BCUT2D eigenvalue weighted by atomic mass is 10.0. The van der Waals surface area contributed by atoms with Crippen molar-refractivity contribution in [1.82, 2.24) is 4.90 Å². The second-order valence-electron chi connectivity index (χ2n) is 4.84. The van der Waals surface area contributed by atoms with Crippen LogP contribution in [-0.2, 0) is 0 Å². The summed E-state index contributed by atoms with van der Waals surface area (Å²) in [6, 6.07) is 6.83. The summed E-state index contributed by atoms with van der Waals surface area (Å²) in [4.78, 5) is 2.55. The smallest absolute Gasteiger partial charge is 0.0435 e. The molecule has 94 valence electrons. The van der Waals surface area contributed by atoms with E-state index in [1.54, 1.807) is 0 Å². The summed E-state index contributed by atoms with van der Waals surface area (Å²) in [7, 11) is 0. The van der Waals surface area contributed by atoms with Crippen LogP contribution < -0.4 is 5.73 Å². The van der Waals surface area contributed by atoms with Crippen LogP contribution in [0.5, 0.6) is 0 Å². The van der Waals surface area contributed by atoms with Gasteiger partial charge in [0.05, 0.1) is 0 Å². The third-order valence-electron chi connectivity index (χ3n) is 3.59. The average Bonchev–Trinajstić information content (AvgIpc) is 2.83. The van der Waals surface area contributed by atoms with E-state index in [1.165, 1.54) is 31.5 Å². The molecule has 2 rings (SSSR count). The number of nitrogens with two attached hydrogens (primary N) is 1. The number of rotatable bonds is 4. The standard InChI is InChI=1S/C14H21ClN2/c1-11-10-12(4-5-13(11)15)14(6-7-16)17-8-2-3-9-17/h4-5,10,14H,2-3,6-9,16H2,1H3. The van der Waals surface area contributed by atoms with Gasteiger partial charge in [-0.05, 0) is 63.0 Å². The molecule has 1 aromatic rings. The fraction of sp³-hybridized carbons (Fsp3) is 0.571. The van der Waals surface area contributed by atoms with Crippen molar-refractivity contribution in [3.05, 3.63) is 34.3 Å². The second kappa shape index (κ2) is 5.85. The van der Waals surface area contributed by atoms with E-state index in [2.05, 4.69) is 24.0 Å². The van der Waals surface area contributed by atoms with E-state index in [4.69, 9.17) is 17.3 Å². The third-order valence-corrected chi connectivity index (χ3v) is 4.01. The molecule has 1 atom stereocenters. The van der Waals surface area contributed by atoms with E-state index in [9.17, 15) is 0 Å². The van der Waals surface area contributed by atoms with Crippen molar-refractivity contribution < 1.29 is 0 Å². The second-order valence-corrected chi connectivity index (χ2v) is 5.25. The number of hydrogen-bond donors (Lipinski definition) is 1. The van der Waals surface area contributed by atoms with Gasteiger partial charge in [-0.15, -0.1) is 0 Å². The van der Waals surface area contributed by atoms with E-state index >= 15 is 0 Å². The van der Waals surface area contributed by atoms with Crippen LogP contribution in [-0.4, -0.2) is 24.5 Å². The normalized spacial score (nSPS) is 18.5. The first-order chi connectivity index (χ1) is 8.22. The molecule has 17 heavy (non-hydrogen) atoms. The molecule has 2 nitrogen and oxygen atoms in total. The highest BCUT2D eigenvalue weighted by molar-refractivity contribution is 6.31. The van der Waals surface area contributed by atoms with Gasteiger partial charge in [-0.3, -0.25) is 4.90 Å². The Kier molecular flexibility index (Phi) is 4.43. The van der Waals surface area contributed by atoms with Gasteiger partial charge in [0, 0.05) is 11.1 Å². The average molecular weight is 253 g/mol. The summed E-state index contributed by atoms with van der Waals surface area (Å²) < 4.78 is 0. The van der Waals surface area contributed by atoms with Gasteiger partial charge in [-0.2, -0.15) is 0 Å². The fourth-order valence-corrected chi connectivity index (χ4v) is 2.76. The first kappa shape index (κ1) is 12.9.